The third-order valence-corrected chi connectivity index (χ3v) is 4.12. The number of para-hydroxylation sites is 1. The molecule has 0 radical (unpaired) electrons. The number of nitrogens with zero attached hydrogens (tertiary/aromatic N) is 2. The molecule has 0 aliphatic carbocycles. The molecule has 1 amide bonds. The zero-order valence-corrected chi connectivity index (χ0v) is 15.0. The lowest BCUT2D eigenvalue weighted by Crippen LogP contribution is -2.45. The monoisotopic (exact) mass is 344 g/mol. The second kappa shape index (κ2) is 10.4. The largest absolute Gasteiger partial charge is 0.489 e. The number of guanidine groups is 1. The van der Waals surface area contributed by atoms with Gasteiger partial charge in [-0.25, -0.2) is 0 Å². The van der Waals surface area contributed by atoms with Crippen LogP contribution in [0.2, 0.25) is 0 Å². The SMILES string of the molecule is C=CCOc1ccccc1CNC(=NC)NCC(=O)N1CCCCC1. The number of benzene rings is 1. The highest BCUT2D eigenvalue weighted by atomic mass is 16.5. The van der Waals surface area contributed by atoms with Crippen LogP contribution in [0.25, 0.3) is 0 Å². The van der Waals surface area contributed by atoms with Crippen molar-refractivity contribution in [2.45, 2.75) is 25.8 Å². The van der Waals surface area contributed by atoms with Crippen LogP contribution in [0.5, 0.6) is 5.75 Å². The molecule has 136 valence electrons. The number of amides is 1. The van der Waals surface area contributed by atoms with Crippen LogP contribution in [0.3, 0.4) is 0 Å². The third kappa shape index (κ3) is 6.14. The minimum absolute atomic E-state index is 0.123. The van der Waals surface area contributed by atoms with Gasteiger partial charge >= 0.3 is 0 Å². The van der Waals surface area contributed by atoms with E-state index in [0.717, 1.165) is 37.2 Å². The number of carbonyl (C=O) groups is 1. The summed E-state index contributed by atoms with van der Waals surface area (Å²) in [5.74, 6) is 1.54. The lowest BCUT2D eigenvalue weighted by atomic mass is 10.1. The maximum Gasteiger partial charge on any atom is 0.241 e. The normalized spacial score (nSPS) is 14.8. The van der Waals surface area contributed by atoms with Gasteiger partial charge in [-0.2, -0.15) is 0 Å². The van der Waals surface area contributed by atoms with E-state index in [1.165, 1.54) is 6.42 Å². The third-order valence-electron chi connectivity index (χ3n) is 4.12. The van der Waals surface area contributed by atoms with Gasteiger partial charge in [0.1, 0.15) is 12.4 Å². The predicted octanol–water partition coefficient (Wildman–Crippen LogP) is 1.93. The summed E-state index contributed by atoms with van der Waals surface area (Å²) in [4.78, 5) is 18.3. The number of hydrogen-bond donors (Lipinski definition) is 2. The topological polar surface area (TPSA) is 66.0 Å². The van der Waals surface area contributed by atoms with Crippen LogP contribution in [0, 0.1) is 0 Å². The van der Waals surface area contributed by atoms with Gasteiger partial charge in [0.2, 0.25) is 5.91 Å². The predicted molar refractivity (Wildman–Crippen MR) is 101 cm³/mol. The van der Waals surface area contributed by atoms with Crippen LogP contribution in [-0.2, 0) is 11.3 Å². The number of piperidine rings is 1. The van der Waals surface area contributed by atoms with Crippen molar-refractivity contribution in [3.05, 3.63) is 42.5 Å². The van der Waals surface area contributed by atoms with Gasteiger partial charge in [0.05, 0.1) is 6.54 Å². The molecule has 1 aliphatic heterocycles. The zero-order valence-electron chi connectivity index (χ0n) is 15.0. The Kier molecular flexibility index (Phi) is 7.82. The van der Waals surface area contributed by atoms with Gasteiger partial charge in [-0.1, -0.05) is 30.9 Å². The minimum Gasteiger partial charge on any atom is -0.489 e. The number of likely N-dealkylation sites (tertiary alicyclic amines) is 1. The Labute approximate surface area is 150 Å². The first-order chi connectivity index (χ1) is 12.2. The van der Waals surface area contributed by atoms with Gasteiger partial charge in [-0.15, -0.1) is 0 Å². The molecule has 0 unspecified atom stereocenters. The number of aliphatic imine (C=N–C) groups is 1. The number of nitrogens with one attached hydrogen (secondary N) is 2. The van der Waals surface area contributed by atoms with Gasteiger partial charge in [0.25, 0.3) is 0 Å². The molecule has 1 saturated heterocycles. The average molecular weight is 344 g/mol. The molecular formula is C19H28N4O2. The van der Waals surface area contributed by atoms with Gasteiger partial charge in [0.15, 0.2) is 5.96 Å². The van der Waals surface area contributed by atoms with Crippen LogP contribution >= 0.6 is 0 Å². The summed E-state index contributed by atoms with van der Waals surface area (Å²) in [7, 11) is 1.70. The Bertz CT molecular complexity index is 595. The zero-order chi connectivity index (χ0) is 17.9. The average Bonchev–Trinajstić information content (AvgIpc) is 2.67. The fraction of sp³-hybridized carbons (Fsp3) is 0.474. The molecule has 6 nitrogen and oxygen atoms in total. The molecule has 6 heteroatoms. The quantitative estimate of drug-likeness (QED) is 0.451. The second-order valence-corrected chi connectivity index (χ2v) is 5.93. The lowest BCUT2D eigenvalue weighted by Gasteiger charge is -2.27. The Morgan fingerprint density at radius 3 is 2.76 bits per heavy atom. The first-order valence-electron chi connectivity index (χ1n) is 8.78. The van der Waals surface area contributed by atoms with E-state index >= 15 is 0 Å². The molecule has 0 spiro atoms. The summed E-state index contributed by atoms with van der Waals surface area (Å²) >= 11 is 0. The summed E-state index contributed by atoms with van der Waals surface area (Å²) in [6.07, 6.45) is 5.13. The van der Waals surface area contributed by atoms with Crippen molar-refractivity contribution in [3.8, 4) is 5.75 Å². The number of rotatable bonds is 7. The van der Waals surface area contributed by atoms with E-state index in [1.807, 2.05) is 29.2 Å². The first-order valence-corrected chi connectivity index (χ1v) is 8.78. The van der Waals surface area contributed by atoms with Gasteiger partial charge in [-0.05, 0) is 25.3 Å². The standard InChI is InChI=1S/C19H28N4O2/c1-3-13-25-17-10-6-5-9-16(17)14-21-19(20-2)22-15-18(24)23-11-7-4-8-12-23/h3,5-6,9-10H,1,4,7-8,11-15H2,2H3,(H2,20,21,22). The Balaban J connectivity index is 1.82. The van der Waals surface area contributed by atoms with Crippen LogP contribution in [-0.4, -0.2) is 50.1 Å². The summed E-state index contributed by atoms with van der Waals surface area (Å²) < 4.78 is 5.65. The minimum atomic E-state index is 0.123. The van der Waals surface area contributed by atoms with E-state index in [2.05, 4.69) is 22.2 Å². The lowest BCUT2D eigenvalue weighted by molar-refractivity contribution is -0.130. The molecule has 0 saturated carbocycles. The molecule has 0 aromatic heterocycles. The molecule has 1 aromatic rings. The van der Waals surface area contributed by atoms with E-state index in [9.17, 15) is 4.79 Å². The Morgan fingerprint density at radius 1 is 1.28 bits per heavy atom. The van der Waals surface area contributed by atoms with Crippen LogP contribution in [0.1, 0.15) is 24.8 Å². The van der Waals surface area contributed by atoms with E-state index < -0.39 is 0 Å². The number of hydrogen-bond acceptors (Lipinski definition) is 3. The summed E-state index contributed by atoms with van der Waals surface area (Å²) in [5, 5.41) is 6.31. The van der Waals surface area contributed by atoms with E-state index in [-0.39, 0.29) is 12.5 Å². The Morgan fingerprint density at radius 2 is 2.04 bits per heavy atom. The van der Waals surface area contributed by atoms with Crippen molar-refractivity contribution < 1.29 is 9.53 Å². The molecule has 1 aromatic carbocycles. The van der Waals surface area contributed by atoms with Crippen molar-refractivity contribution in [1.29, 1.82) is 0 Å². The summed E-state index contributed by atoms with van der Waals surface area (Å²) in [6.45, 7) is 6.68. The Hall–Kier alpha value is -2.50. The molecule has 25 heavy (non-hydrogen) atoms. The molecule has 1 heterocycles. The molecule has 1 aliphatic rings. The van der Waals surface area contributed by atoms with Crippen LogP contribution in [0.4, 0.5) is 0 Å². The van der Waals surface area contributed by atoms with Crippen molar-refractivity contribution in [2.24, 2.45) is 4.99 Å². The highest BCUT2D eigenvalue weighted by Gasteiger charge is 2.16. The molecule has 2 N–H and O–H groups in total. The van der Waals surface area contributed by atoms with Crippen molar-refractivity contribution in [3.63, 3.8) is 0 Å². The molecule has 0 atom stereocenters. The molecule has 0 bridgehead atoms. The highest BCUT2D eigenvalue weighted by molar-refractivity contribution is 5.86. The molecular weight excluding hydrogens is 316 g/mol. The fourth-order valence-electron chi connectivity index (χ4n) is 2.75. The van der Waals surface area contributed by atoms with Crippen molar-refractivity contribution >= 4 is 11.9 Å². The number of carbonyl (C=O) groups excluding carboxylic acids is 1. The van der Waals surface area contributed by atoms with Gasteiger partial charge in [-0.3, -0.25) is 9.79 Å². The summed E-state index contributed by atoms with van der Waals surface area (Å²) in [6, 6.07) is 7.83. The second-order valence-electron chi connectivity index (χ2n) is 5.93. The highest BCUT2D eigenvalue weighted by Crippen LogP contribution is 2.17. The van der Waals surface area contributed by atoms with Crippen LogP contribution < -0.4 is 15.4 Å². The van der Waals surface area contributed by atoms with E-state index in [0.29, 0.717) is 19.1 Å². The first kappa shape index (κ1) is 18.8. The van der Waals surface area contributed by atoms with Gasteiger partial charge < -0.3 is 20.3 Å². The molecule has 1 fully saturated rings. The maximum atomic E-state index is 12.2. The smallest absolute Gasteiger partial charge is 0.241 e. The fourth-order valence-corrected chi connectivity index (χ4v) is 2.75. The van der Waals surface area contributed by atoms with E-state index in [1.54, 1.807) is 13.1 Å². The van der Waals surface area contributed by atoms with Crippen LogP contribution in [0.15, 0.2) is 41.9 Å². The van der Waals surface area contributed by atoms with Crippen molar-refractivity contribution in [1.82, 2.24) is 15.5 Å². The maximum absolute atomic E-state index is 12.2. The number of ether oxygens (including phenoxy) is 1. The van der Waals surface area contributed by atoms with Gasteiger partial charge in [0, 0.05) is 32.2 Å². The van der Waals surface area contributed by atoms with E-state index in [4.69, 9.17) is 4.74 Å². The molecule has 2 rings (SSSR count). The summed E-state index contributed by atoms with van der Waals surface area (Å²) in [5.41, 5.74) is 1.02. The van der Waals surface area contributed by atoms with Crippen molar-refractivity contribution in [2.75, 3.05) is 33.3 Å².